The van der Waals surface area contributed by atoms with Gasteiger partial charge >= 0.3 is 5.97 Å². The number of aromatic carboxylic acids is 1. The van der Waals surface area contributed by atoms with Crippen molar-refractivity contribution in [1.29, 1.82) is 0 Å². The van der Waals surface area contributed by atoms with E-state index in [1.807, 2.05) is 30.5 Å². The predicted octanol–water partition coefficient (Wildman–Crippen LogP) is 3.26. The zero-order valence-corrected chi connectivity index (χ0v) is 23.0. The number of likely N-dealkylation sites (N-methyl/N-ethyl adjacent to an activating group) is 1. The highest BCUT2D eigenvalue weighted by molar-refractivity contribution is 5.90. The molecule has 1 unspecified atom stereocenters. The standard InChI is InChI=1S/C29H38N8O2/c1-21-19-36-13-15-37(16-14-36)20-23-17-24(6-7-25(23)28(38)39)32-29-30-10-9-26(33-29)22-5-8-27(31-18-22)35(3)12-4-11-34(21)2/h5-10,17-18,21H,4,11-16,19-20H2,1-3H3,(H,38,39)(H,30,32,33). The van der Waals surface area contributed by atoms with E-state index in [0.29, 0.717) is 24.1 Å². The molecule has 8 rings (SSSR count). The summed E-state index contributed by atoms with van der Waals surface area (Å²) >= 11 is 0. The van der Waals surface area contributed by atoms with E-state index >= 15 is 0 Å². The lowest BCUT2D eigenvalue weighted by Crippen LogP contribution is -2.50. The summed E-state index contributed by atoms with van der Waals surface area (Å²) in [6, 6.07) is 11.7. The van der Waals surface area contributed by atoms with E-state index < -0.39 is 5.97 Å². The quantitative estimate of drug-likeness (QED) is 0.488. The number of rotatable bonds is 1. The maximum atomic E-state index is 12.0. The summed E-state index contributed by atoms with van der Waals surface area (Å²) in [6.45, 7) is 9.64. The summed E-state index contributed by atoms with van der Waals surface area (Å²) in [7, 11) is 4.29. The highest BCUT2D eigenvalue weighted by atomic mass is 16.4. The molecule has 1 aromatic carbocycles. The first-order valence-corrected chi connectivity index (χ1v) is 13.6. The number of nitrogens with one attached hydrogen (secondary N) is 1. The van der Waals surface area contributed by atoms with Gasteiger partial charge < -0.3 is 20.2 Å². The number of benzene rings is 1. The van der Waals surface area contributed by atoms with Crippen LogP contribution in [0.25, 0.3) is 11.3 Å². The fourth-order valence-corrected chi connectivity index (χ4v) is 5.26. The van der Waals surface area contributed by atoms with Crippen LogP contribution < -0.4 is 10.2 Å². The van der Waals surface area contributed by atoms with Crippen molar-refractivity contribution in [2.45, 2.75) is 25.9 Å². The van der Waals surface area contributed by atoms with Gasteiger partial charge in [-0.3, -0.25) is 9.80 Å². The Kier molecular flexibility index (Phi) is 8.35. The van der Waals surface area contributed by atoms with Crippen LogP contribution in [0.4, 0.5) is 17.5 Å². The zero-order valence-electron chi connectivity index (χ0n) is 23.0. The summed E-state index contributed by atoms with van der Waals surface area (Å²) in [5, 5.41) is 13.1. The van der Waals surface area contributed by atoms with Crippen LogP contribution in [-0.2, 0) is 6.54 Å². The van der Waals surface area contributed by atoms with Crippen LogP contribution in [0.15, 0.2) is 48.8 Å². The number of carboxylic acid groups (broad SMARTS) is 1. The molecule has 0 amide bonds. The van der Waals surface area contributed by atoms with E-state index in [0.717, 1.165) is 80.6 Å². The number of aromatic nitrogens is 3. The molecule has 10 nitrogen and oxygen atoms in total. The van der Waals surface area contributed by atoms with Crippen LogP contribution >= 0.6 is 0 Å². The first kappa shape index (κ1) is 27.0. The van der Waals surface area contributed by atoms with Crippen molar-refractivity contribution >= 4 is 23.4 Å². The molecular weight excluding hydrogens is 492 g/mol. The topological polar surface area (TPSA) is 101 Å². The lowest BCUT2D eigenvalue weighted by atomic mass is 10.1. The molecule has 10 heteroatoms. The van der Waals surface area contributed by atoms with Crippen molar-refractivity contribution in [3.63, 3.8) is 0 Å². The predicted molar refractivity (Wildman–Crippen MR) is 154 cm³/mol. The fourth-order valence-electron chi connectivity index (χ4n) is 5.26. The van der Waals surface area contributed by atoms with E-state index in [2.05, 4.69) is 55.9 Å². The molecule has 39 heavy (non-hydrogen) atoms. The number of carboxylic acids is 1. The molecule has 1 fully saturated rings. The first-order chi connectivity index (χ1) is 18.9. The molecule has 3 aromatic rings. The molecule has 2 N–H and O–H groups in total. The molecule has 206 valence electrons. The van der Waals surface area contributed by atoms with Crippen molar-refractivity contribution in [2.75, 3.05) is 70.1 Å². The highest BCUT2D eigenvalue weighted by Crippen LogP contribution is 2.24. The van der Waals surface area contributed by atoms with Crippen LogP contribution in [0.5, 0.6) is 0 Å². The molecule has 0 saturated carbocycles. The highest BCUT2D eigenvalue weighted by Gasteiger charge is 2.22. The molecule has 8 bridgehead atoms. The molecule has 1 atom stereocenters. The van der Waals surface area contributed by atoms with Crippen molar-refractivity contribution < 1.29 is 9.90 Å². The van der Waals surface area contributed by atoms with Crippen molar-refractivity contribution in [1.82, 2.24) is 29.7 Å². The smallest absolute Gasteiger partial charge is 0.336 e. The minimum Gasteiger partial charge on any atom is -0.478 e. The summed E-state index contributed by atoms with van der Waals surface area (Å²) in [5.74, 6) is 0.473. The molecule has 5 aliphatic heterocycles. The van der Waals surface area contributed by atoms with Crippen molar-refractivity contribution in [2.24, 2.45) is 0 Å². The number of pyridine rings is 1. The third-order valence-corrected chi connectivity index (χ3v) is 7.82. The summed E-state index contributed by atoms with van der Waals surface area (Å²) in [4.78, 5) is 35.3. The van der Waals surface area contributed by atoms with Gasteiger partial charge in [0.2, 0.25) is 5.95 Å². The number of piperazine rings is 1. The Labute approximate surface area is 230 Å². The van der Waals surface area contributed by atoms with Crippen LogP contribution in [0.2, 0.25) is 0 Å². The van der Waals surface area contributed by atoms with E-state index in [1.165, 1.54) is 0 Å². The van der Waals surface area contributed by atoms with Gasteiger partial charge in [-0.1, -0.05) is 0 Å². The lowest BCUT2D eigenvalue weighted by molar-refractivity contribution is 0.0691. The monoisotopic (exact) mass is 530 g/mol. The van der Waals surface area contributed by atoms with Gasteiger partial charge in [-0.2, -0.15) is 0 Å². The first-order valence-electron chi connectivity index (χ1n) is 13.6. The Morgan fingerprint density at radius 2 is 1.77 bits per heavy atom. The third kappa shape index (κ3) is 6.70. The van der Waals surface area contributed by atoms with Crippen LogP contribution in [0.3, 0.4) is 0 Å². The molecule has 5 aliphatic rings. The number of anilines is 3. The second-order valence-corrected chi connectivity index (χ2v) is 10.7. The van der Waals surface area contributed by atoms with Gasteiger partial charge in [0.05, 0.1) is 11.3 Å². The number of hydrogen-bond acceptors (Lipinski definition) is 9. The Bertz CT molecular complexity index is 1280. The van der Waals surface area contributed by atoms with Gasteiger partial charge in [-0.25, -0.2) is 19.7 Å². The summed E-state index contributed by atoms with van der Waals surface area (Å²) in [6.07, 6.45) is 4.62. The molecule has 7 heterocycles. The van der Waals surface area contributed by atoms with Crippen molar-refractivity contribution in [3.05, 3.63) is 59.9 Å². The van der Waals surface area contributed by atoms with Crippen LogP contribution in [-0.4, -0.2) is 107 Å². The number of nitrogens with zero attached hydrogens (tertiary/aromatic N) is 7. The molecule has 0 spiro atoms. The van der Waals surface area contributed by atoms with Gasteiger partial charge in [0.25, 0.3) is 0 Å². The average Bonchev–Trinajstić information content (AvgIpc) is 2.93. The molecule has 2 aromatic heterocycles. The zero-order chi connectivity index (χ0) is 27.4. The third-order valence-electron chi connectivity index (χ3n) is 7.82. The molecule has 0 aliphatic carbocycles. The van der Waals surface area contributed by atoms with Crippen LogP contribution in [0, 0.1) is 0 Å². The Morgan fingerprint density at radius 1 is 0.974 bits per heavy atom. The SMILES string of the molecule is CC1CN2CCN(CC2)Cc2cc(ccc2C(=O)O)Nc2nccc(n2)-c2ccc(nc2)N(C)CCCN1C. The minimum atomic E-state index is -0.913. The minimum absolute atomic E-state index is 0.328. The van der Waals surface area contributed by atoms with E-state index in [1.54, 1.807) is 18.3 Å². The van der Waals surface area contributed by atoms with Gasteiger partial charge in [-0.15, -0.1) is 0 Å². The van der Waals surface area contributed by atoms with E-state index in [-0.39, 0.29) is 0 Å². The molecular formula is C29H38N8O2. The van der Waals surface area contributed by atoms with Crippen molar-refractivity contribution in [3.8, 4) is 11.3 Å². The van der Waals surface area contributed by atoms with Gasteiger partial charge in [0, 0.05) is 82.5 Å². The molecule has 1 saturated heterocycles. The summed E-state index contributed by atoms with van der Waals surface area (Å²) in [5.41, 5.74) is 3.55. The van der Waals surface area contributed by atoms with E-state index in [4.69, 9.17) is 4.98 Å². The maximum Gasteiger partial charge on any atom is 0.336 e. The lowest BCUT2D eigenvalue weighted by Gasteiger charge is -2.38. The number of carbonyl (C=O) groups is 1. The fraction of sp³-hybridized carbons (Fsp3) is 0.448. The van der Waals surface area contributed by atoms with Gasteiger partial charge in [0.15, 0.2) is 0 Å². The van der Waals surface area contributed by atoms with Crippen LogP contribution in [0.1, 0.15) is 29.3 Å². The normalized spacial score (nSPS) is 22.8. The Balaban J connectivity index is 1.43. The van der Waals surface area contributed by atoms with Gasteiger partial charge in [-0.05, 0) is 68.9 Å². The average molecular weight is 531 g/mol. The van der Waals surface area contributed by atoms with Gasteiger partial charge in [0.1, 0.15) is 5.82 Å². The molecule has 0 radical (unpaired) electrons. The second kappa shape index (κ2) is 12.1. The maximum absolute atomic E-state index is 12.0. The second-order valence-electron chi connectivity index (χ2n) is 10.7. The summed E-state index contributed by atoms with van der Waals surface area (Å²) < 4.78 is 0. The Morgan fingerprint density at radius 3 is 2.51 bits per heavy atom. The van der Waals surface area contributed by atoms with E-state index in [9.17, 15) is 9.90 Å². The Hall–Kier alpha value is -3.60. The number of hydrogen-bond donors (Lipinski definition) is 2. The largest absolute Gasteiger partial charge is 0.478 e.